The summed E-state index contributed by atoms with van der Waals surface area (Å²) in [5.74, 6) is 4.05. The number of nitrogens with two attached hydrogens (primary N) is 1. The van der Waals surface area contributed by atoms with Crippen LogP contribution < -0.4 is 5.32 Å². The second-order valence-corrected chi connectivity index (χ2v) is 10.8. The van der Waals surface area contributed by atoms with E-state index in [0.717, 1.165) is 36.6 Å². The molecule has 0 saturated carbocycles. The molecule has 0 aromatic carbocycles. The third kappa shape index (κ3) is 3.97. The number of amides is 1. The molecule has 6 heteroatoms. The van der Waals surface area contributed by atoms with Crippen LogP contribution in [0.3, 0.4) is 0 Å². The predicted octanol–water partition coefficient (Wildman–Crippen LogP) is 3.67. The summed E-state index contributed by atoms with van der Waals surface area (Å²) in [5.41, 5.74) is 6.03. The normalized spacial score (nSPS) is 32.1. The van der Waals surface area contributed by atoms with Gasteiger partial charge in [0.05, 0.1) is 31.3 Å². The van der Waals surface area contributed by atoms with Gasteiger partial charge in [-0.3, -0.25) is 10.1 Å². The van der Waals surface area contributed by atoms with Crippen LogP contribution in [0.25, 0.3) is 5.57 Å². The topological polar surface area (TPSA) is 68.3 Å². The average Bonchev–Trinajstić information content (AvgIpc) is 3.52. The lowest BCUT2D eigenvalue weighted by Gasteiger charge is -2.35. The molecule has 1 aromatic rings. The number of morpholine rings is 1. The van der Waals surface area contributed by atoms with E-state index in [4.69, 9.17) is 14.5 Å². The number of carbonyl (C=O) groups is 1. The quantitative estimate of drug-likeness (QED) is 0.726. The molecule has 5 unspecified atom stereocenters. The van der Waals surface area contributed by atoms with Gasteiger partial charge in [-0.2, -0.15) is 0 Å². The molecule has 1 fully saturated rings. The van der Waals surface area contributed by atoms with Crippen molar-refractivity contribution in [3.05, 3.63) is 64.7 Å². The molecule has 1 amide bonds. The molecule has 5 aliphatic rings. The Morgan fingerprint density at radius 2 is 2.00 bits per heavy atom. The van der Waals surface area contributed by atoms with Gasteiger partial charge in [-0.1, -0.05) is 39.0 Å². The highest BCUT2D eigenvalue weighted by molar-refractivity contribution is 5.94. The summed E-state index contributed by atoms with van der Waals surface area (Å²) in [6.45, 7) is 10.3. The van der Waals surface area contributed by atoms with Crippen LogP contribution in [-0.2, 0) is 14.3 Å². The SMILES string of the molecule is CC1C=CC2=C(OCC2)C1C1=C[NH2+]c2ncc(C3C=C(C(=O)N4CCOCC4)CC(C)C3C)cc21. The molecule has 3 aliphatic heterocycles. The van der Waals surface area contributed by atoms with Gasteiger partial charge >= 0.3 is 0 Å². The van der Waals surface area contributed by atoms with Gasteiger partial charge in [0.25, 0.3) is 0 Å². The Balaban J connectivity index is 1.33. The molecule has 184 valence electrons. The molecule has 1 aromatic heterocycles. The van der Waals surface area contributed by atoms with E-state index in [0.29, 0.717) is 44.1 Å². The maximum absolute atomic E-state index is 13.3. The molecule has 1 saturated heterocycles. The number of aromatic nitrogens is 1. The predicted molar refractivity (Wildman–Crippen MR) is 134 cm³/mol. The Kier molecular flexibility index (Phi) is 5.89. The molecular formula is C29H36N3O3+. The van der Waals surface area contributed by atoms with Crippen LogP contribution in [0.5, 0.6) is 0 Å². The zero-order valence-electron chi connectivity index (χ0n) is 21.0. The molecular weight excluding hydrogens is 438 g/mol. The van der Waals surface area contributed by atoms with Crippen molar-refractivity contribution in [1.82, 2.24) is 9.88 Å². The molecule has 6 nitrogen and oxygen atoms in total. The van der Waals surface area contributed by atoms with Crippen LogP contribution in [0, 0.1) is 23.7 Å². The highest BCUT2D eigenvalue weighted by atomic mass is 16.5. The van der Waals surface area contributed by atoms with Crippen LogP contribution in [-0.4, -0.2) is 48.7 Å². The monoisotopic (exact) mass is 474 g/mol. The van der Waals surface area contributed by atoms with E-state index in [9.17, 15) is 4.79 Å². The molecule has 0 radical (unpaired) electrons. The standard InChI is InChI=1S/C29H35N3O3/c1-17-4-5-20-6-9-35-27(20)26(17)25-16-31-28-24(25)14-22(15-30-28)23-13-21(12-18(2)19(23)3)29(33)32-7-10-34-11-8-32/h4-5,13-19,23,26H,6-12H2,1-3H3,(H,30,31)/p+1. The summed E-state index contributed by atoms with van der Waals surface area (Å²) in [5, 5.41) is 2.14. The fraction of sp³-hybridized carbons (Fsp3) is 0.517. The first-order valence-electron chi connectivity index (χ1n) is 13.2. The van der Waals surface area contributed by atoms with Crippen molar-refractivity contribution in [3.8, 4) is 0 Å². The Morgan fingerprint density at radius 1 is 1.17 bits per heavy atom. The van der Waals surface area contributed by atoms with Gasteiger partial charge in [-0.25, -0.2) is 4.98 Å². The molecule has 35 heavy (non-hydrogen) atoms. The van der Waals surface area contributed by atoms with Gasteiger partial charge in [0.15, 0.2) is 0 Å². The van der Waals surface area contributed by atoms with Gasteiger partial charge in [0.1, 0.15) is 12.0 Å². The van der Waals surface area contributed by atoms with E-state index >= 15 is 0 Å². The first kappa shape index (κ1) is 22.7. The van der Waals surface area contributed by atoms with Crippen LogP contribution in [0.15, 0.2) is 53.6 Å². The Bertz CT molecular complexity index is 1160. The number of ether oxygens (including phenoxy) is 2. The lowest BCUT2D eigenvalue weighted by atomic mass is 9.71. The van der Waals surface area contributed by atoms with Gasteiger partial charge in [-0.05, 0) is 41.4 Å². The summed E-state index contributed by atoms with van der Waals surface area (Å²) in [7, 11) is 0. The number of fused-ring (bicyclic) bond motifs is 1. The lowest BCUT2D eigenvalue weighted by molar-refractivity contribution is -0.496. The van der Waals surface area contributed by atoms with Crippen molar-refractivity contribution in [2.24, 2.45) is 23.7 Å². The fourth-order valence-electron chi connectivity index (χ4n) is 6.40. The number of hydrogen-bond acceptors (Lipinski definition) is 4. The van der Waals surface area contributed by atoms with Crippen molar-refractivity contribution in [1.29, 1.82) is 0 Å². The Labute approximate surface area is 207 Å². The number of rotatable bonds is 3. The van der Waals surface area contributed by atoms with Gasteiger partial charge in [-0.15, -0.1) is 0 Å². The van der Waals surface area contributed by atoms with Crippen LogP contribution in [0.2, 0.25) is 0 Å². The first-order chi connectivity index (χ1) is 17.0. The second kappa shape index (κ2) is 9.07. The highest BCUT2D eigenvalue weighted by Crippen LogP contribution is 2.46. The lowest BCUT2D eigenvalue weighted by Crippen LogP contribution is -2.70. The van der Waals surface area contributed by atoms with Crippen LogP contribution in [0.4, 0.5) is 5.82 Å². The molecule has 6 rings (SSSR count). The van der Waals surface area contributed by atoms with Crippen LogP contribution in [0.1, 0.15) is 50.7 Å². The molecule has 4 heterocycles. The van der Waals surface area contributed by atoms with Crippen molar-refractivity contribution in [2.45, 2.75) is 39.5 Å². The molecule has 0 bridgehead atoms. The van der Waals surface area contributed by atoms with Crippen LogP contribution >= 0.6 is 0 Å². The zero-order chi connectivity index (χ0) is 24.1. The molecule has 0 spiro atoms. The maximum Gasteiger partial charge on any atom is 0.249 e. The zero-order valence-corrected chi connectivity index (χ0v) is 21.0. The van der Waals surface area contributed by atoms with Crippen molar-refractivity contribution >= 4 is 17.3 Å². The highest BCUT2D eigenvalue weighted by Gasteiger charge is 2.39. The molecule has 2 aliphatic carbocycles. The van der Waals surface area contributed by atoms with E-state index in [-0.39, 0.29) is 17.7 Å². The minimum absolute atomic E-state index is 0.180. The van der Waals surface area contributed by atoms with Crippen molar-refractivity contribution in [2.75, 3.05) is 32.9 Å². The van der Waals surface area contributed by atoms with Gasteiger partial charge in [0.2, 0.25) is 11.7 Å². The van der Waals surface area contributed by atoms with E-state index in [1.807, 2.05) is 11.1 Å². The number of hydrogen-bond donors (Lipinski definition) is 1. The minimum Gasteiger partial charge on any atom is -0.497 e. The second-order valence-electron chi connectivity index (χ2n) is 10.8. The number of quaternary nitrogens is 1. The number of pyridine rings is 1. The van der Waals surface area contributed by atoms with Crippen molar-refractivity contribution < 1.29 is 19.6 Å². The van der Waals surface area contributed by atoms with Crippen molar-refractivity contribution in [3.63, 3.8) is 0 Å². The summed E-state index contributed by atoms with van der Waals surface area (Å²) in [4.78, 5) is 20.2. The third-order valence-corrected chi connectivity index (χ3v) is 8.71. The van der Waals surface area contributed by atoms with Gasteiger partial charge in [0, 0.05) is 42.8 Å². The van der Waals surface area contributed by atoms with E-state index in [2.05, 4.69) is 56.6 Å². The number of allylic oxidation sites excluding steroid dienone is 4. The van der Waals surface area contributed by atoms with E-state index < -0.39 is 0 Å². The maximum atomic E-state index is 13.3. The average molecular weight is 475 g/mol. The minimum atomic E-state index is 0.180. The number of nitrogens with zero attached hydrogens (tertiary/aromatic N) is 2. The Morgan fingerprint density at radius 3 is 2.83 bits per heavy atom. The smallest absolute Gasteiger partial charge is 0.249 e. The third-order valence-electron chi connectivity index (χ3n) is 8.71. The summed E-state index contributed by atoms with van der Waals surface area (Å²) in [6.07, 6.45) is 12.9. The fourth-order valence-corrected chi connectivity index (χ4v) is 6.40. The van der Waals surface area contributed by atoms with E-state index in [1.54, 1.807) is 0 Å². The van der Waals surface area contributed by atoms with Gasteiger partial charge < -0.3 is 14.4 Å². The largest absolute Gasteiger partial charge is 0.497 e. The molecule has 5 atom stereocenters. The summed E-state index contributed by atoms with van der Waals surface area (Å²) in [6, 6.07) is 2.34. The Hall–Kier alpha value is -2.70. The summed E-state index contributed by atoms with van der Waals surface area (Å²) < 4.78 is 11.6. The summed E-state index contributed by atoms with van der Waals surface area (Å²) >= 11 is 0. The number of carbonyl (C=O) groups excluding carboxylic acids is 1. The molecule has 2 N–H and O–H groups in total. The first-order valence-corrected chi connectivity index (χ1v) is 13.2. The van der Waals surface area contributed by atoms with E-state index in [1.165, 1.54) is 22.3 Å².